The van der Waals surface area contributed by atoms with E-state index in [0.29, 0.717) is 21.9 Å². The number of methoxy groups -OCH3 is 1. The van der Waals surface area contributed by atoms with Gasteiger partial charge in [-0.3, -0.25) is 9.78 Å². The highest BCUT2D eigenvalue weighted by Crippen LogP contribution is 2.32. The third-order valence-corrected chi connectivity index (χ3v) is 5.23. The number of benzene rings is 1. The highest BCUT2D eigenvalue weighted by Gasteiger charge is 2.24. The number of piperidine rings is 1. The van der Waals surface area contributed by atoms with E-state index in [9.17, 15) is 4.79 Å². The second kappa shape index (κ2) is 7.59. The van der Waals surface area contributed by atoms with E-state index in [1.807, 2.05) is 13.1 Å². The van der Waals surface area contributed by atoms with Gasteiger partial charge in [-0.25, -0.2) is 4.68 Å². The van der Waals surface area contributed by atoms with Gasteiger partial charge in [-0.1, -0.05) is 22.8 Å². The highest BCUT2D eigenvalue weighted by molar-refractivity contribution is 6.33. The largest absolute Gasteiger partial charge is 0.493 e. The summed E-state index contributed by atoms with van der Waals surface area (Å²) in [4.78, 5) is 19.2. The number of aryl methyl sites for hydroxylation is 1. The number of hydrogen-bond acceptors (Lipinski definition) is 7. The molecule has 0 bridgehead atoms. The number of rotatable bonds is 4. The molecule has 0 unspecified atom stereocenters. The van der Waals surface area contributed by atoms with Gasteiger partial charge < -0.3 is 15.0 Å². The van der Waals surface area contributed by atoms with E-state index >= 15 is 0 Å². The molecule has 9 nitrogen and oxygen atoms in total. The van der Waals surface area contributed by atoms with Gasteiger partial charge >= 0.3 is 0 Å². The minimum absolute atomic E-state index is 0.0976. The SMILES string of the molecule is COc1c(Cl)ccc2cc(C(=O)NC3CCN(c4nnnn4C)CC3)cnc12. The predicted molar refractivity (Wildman–Crippen MR) is 105 cm³/mol. The number of pyridine rings is 1. The van der Waals surface area contributed by atoms with Gasteiger partial charge in [0.2, 0.25) is 5.95 Å². The fourth-order valence-electron chi connectivity index (χ4n) is 3.45. The first-order valence-corrected chi connectivity index (χ1v) is 9.35. The van der Waals surface area contributed by atoms with Crippen LogP contribution >= 0.6 is 11.6 Å². The lowest BCUT2D eigenvalue weighted by Gasteiger charge is -2.32. The number of anilines is 1. The van der Waals surface area contributed by atoms with Crippen molar-refractivity contribution in [1.82, 2.24) is 30.5 Å². The molecule has 0 saturated carbocycles. The van der Waals surface area contributed by atoms with Crippen molar-refractivity contribution in [3.63, 3.8) is 0 Å². The number of carbonyl (C=O) groups is 1. The second-order valence-corrected chi connectivity index (χ2v) is 7.12. The van der Waals surface area contributed by atoms with Crippen LogP contribution in [0.4, 0.5) is 5.95 Å². The van der Waals surface area contributed by atoms with Gasteiger partial charge in [-0.05, 0) is 35.4 Å². The maximum atomic E-state index is 12.7. The Morgan fingerprint density at radius 3 is 2.79 bits per heavy atom. The molecule has 1 aliphatic heterocycles. The summed E-state index contributed by atoms with van der Waals surface area (Å²) in [5.74, 6) is 1.12. The van der Waals surface area contributed by atoms with Crippen LogP contribution in [0, 0.1) is 0 Å². The van der Waals surface area contributed by atoms with E-state index in [2.05, 4.69) is 30.7 Å². The first kappa shape index (κ1) is 18.4. The van der Waals surface area contributed by atoms with Crippen LogP contribution in [0.2, 0.25) is 5.02 Å². The number of hydrogen-bond donors (Lipinski definition) is 1. The monoisotopic (exact) mass is 401 g/mol. The topological polar surface area (TPSA) is 98.1 Å². The molecule has 146 valence electrons. The number of nitrogens with one attached hydrogen (secondary N) is 1. The number of ether oxygens (including phenoxy) is 1. The van der Waals surface area contributed by atoms with Crippen molar-refractivity contribution in [3.8, 4) is 5.75 Å². The molecule has 0 spiro atoms. The second-order valence-electron chi connectivity index (χ2n) is 6.71. The zero-order chi connectivity index (χ0) is 19.7. The van der Waals surface area contributed by atoms with Crippen LogP contribution in [0.15, 0.2) is 24.4 Å². The first-order valence-electron chi connectivity index (χ1n) is 8.97. The summed E-state index contributed by atoms with van der Waals surface area (Å²) in [7, 11) is 3.37. The molecule has 10 heteroatoms. The van der Waals surface area contributed by atoms with E-state index in [1.165, 1.54) is 0 Å². The van der Waals surface area contributed by atoms with Crippen LogP contribution in [0.1, 0.15) is 23.2 Å². The summed E-state index contributed by atoms with van der Waals surface area (Å²) in [5.41, 5.74) is 1.15. The van der Waals surface area contributed by atoms with Crippen molar-refractivity contribution in [2.45, 2.75) is 18.9 Å². The molecule has 4 rings (SSSR count). The summed E-state index contributed by atoms with van der Waals surface area (Å²) in [5, 5.41) is 16.0. The van der Waals surface area contributed by atoms with Gasteiger partial charge in [-0.15, -0.1) is 0 Å². The van der Waals surface area contributed by atoms with Crippen molar-refractivity contribution < 1.29 is 9.53 Å². The fraction of sp³-hybridized carbons (Fsp3) is 0.389. The van der Waals surface area contributed by atoms with Gasteiger partial charge in [0, 0.05) is 37.8 Å². The van der Waals surface area contributed by atoms with Gasteiger partial charge in [-0.2, -0.15) is 0 Å². The van der Waals surface area contributed by atoms with Crippen LogP contribution in [-0.2, 0) is 7.05 Å². The number of fused-ring (bicyclic) bond motifs is 1. The van der Waals surface area contributed by atoms with Gasteiger partial charge in [0.15, 0.2) is 5.75 Å². The summed E-state index contributed by atoms with van der Waals surface area (Å²) in [6.07, 6.45) is 3.20. The molecule has 0 radical (unpaired) electrons. The van der Waals surface area contributed by atoms with Crippen LogP contribution < -0.4 is 15.0 Å². The predicted octanol–water partition coefficient (Wildman–Crippen LogP) is 1.82. The Kier molecular flexibility index (Phi) is 4.99. The number of carbonyl (C=O) groups excluding carboxylic acids is 1. The third-order valence-electron chi connectivity index (χ3n) is 4.94. The molecule has 28 heavy (non-hydrogen) atoms. The lowest BCUT2D eigenvalue weighted by molar-refractivity contribution is 0.0931. The molecule has 3 heterocycles. The standard InChI is InChI=1S/C18H20ClN7O2/c1-25-18(22-23-24-25)26-7-5-13(6-8-26)21-17(27)12-9-11-3-4-14(19)16(28-2)15(11)20-10-12/h3-4,9-10,13H,5-8H2,1-2H3,(H,21,27). The van der Waals surface area contributed by atoms with E-state index in [-0.39, 0.29) is 11.9 Å². The third kappa shape index (κ3) is 3.45. The fourth-order valence-corrected chi connectivity index (χ4v) is 3.68. The molecule has 1 aromatic carbocycles. The Labute approximate surface area is 166 Å². The molecule has 1 amide bonds. The summed E-state index contributed by atoms with van der Waals surface area (Å²) in [6, 6.07) is 5.47. The zero-order valence-electron chi connectivity index (χ0n) is 15.6. The lowest BCUT2D eigenvalue weighted by Crippen LogP contribution is -2.45. The average molecular weight is 402 g/mol. The van der Waals surface area contributed by atoms with Crippen LogP contribution in [0.3, 0.4) is 0 Å². The Balaban J connectivity index is 1.43. The van der Waals surface area contributed by atoms with E-state index in [1.54, 1.807) is 30.1 Å². The van der Waals surface area contributed by atoms with Gasteiger partial charge in [0.1, 0.15) is 5.52 Å². The highest BCUT2D eigenvalue weighted by atomic mass is 35.5. The Bertz CT molecular complexity index is 1010. The maximum absolute atomic E-state index is 12.7. The Hall–Kier alpha value is -2.94. The first-order chi connectivity index (χ1) is 13.6. The average Bonchev–Trinajstić information content (AvgIpc) is 3.14. The number of aromatic nitrogens is 5. The summed E-state index contributed by atoms with van der Waals surface area (Å²) in [6.45, 7) is 1.57. The van der Waals surface area contributed by atoms with Crippen molar-refractivity contribution in [2.75, 3.05) is 25.1 Å². The molecular formula is C18H20ClN7O2. The molecule has 3 aromatic rings. The van der Waals surface area contributed by atoms with Crippen LogP contribution in [0.5, 0.6) is 5.75 Å². The maximum Gasteiger partial charge on any atom is 0.253 e. The number of halogens is 1. The molecule has 1 N–H and O–H groups in total. The number of nitrogens with zero attached hydrogens (tertiary/aromatic N) is 6. The normalized spacial score (nSPS) is 15.0. The molecule has 1 fully saturated rings. The van der Waals surface area contributed by atoms with Crippen molar-refractivity contribution in [2.24, 2.45) is 7.05 Å². The minimum atomic E-state index is -0.137. The van der Waals surface area contributed by atoms with E-state index in [0.717, 1.165) is 37.3 Å². The molecule has 2 aromatic heterocycles. The molecule has 0 aliphatic carbocycles. The van der Waals surface area contributed by atoms with Crippen molar-refractivity contribution in [1.29, 1.82) is 0 Å². The van der Waals surface area contributed by atoms with Gasteiger partial charge in [0.25, 0.3) is 5.91 Å². The smallest absolute Gasteiger partial charge is 0.253 e. The summed E-state index contributed by atoms with van der Waals surface area (Å²) >= 11 is 6.13. The lowest BCUT2D eigenvalue weighted by atomic mass is 10.0. The quantitative estimate of drug-likeness (QED) is 0.711. The molecule has 1 saturated heterocycles. The Morgan fingerprint density at radius 2 is 2.11 bits per heavy atom. The van der Waals surface area contributed by atoms with Gasteiger partial charge in [0.05, 0.1) is 17.7 Å². The van der Waals surface area contributed by atoms with E-state index in [4.69, 9.17) is 16.3 Å². The number of tetrazole rings is 1. The molecule has 0 atom stereocenters. The van der Waals surface area contributed by atoms with E-state index < -0.39 is 0 Å². The van der Waals surface area contributed by atoms with Crippen LogP contribution in [-0.4, -0.2) is 57.3 Å². The summed E-state index contributed by atoms with van der Waals surface area (Å²) < 4.78 is 6.97. The van der Waals surface area contributed by atoms with Crippen molar-refractivity contribution in [3.05, 3.63) is 35.0 Å². The number of amides is 1. The molecular weight excluding hydrogens is 382 g/mol. The molecule has 1 aliphatic rings. The zero-order valence-corrected chi connectivity index (χ0v) is 16.3. The minimum Gasteiger partial charge on any atom is -0.493 e. The Morgan fingerprint density at radius 1 is 1.32 bits per heavy atom. The van der Waals surface area contributed by atoms with Crippen LogP contribution in [0.25, 0.3) is 10.9 Å². The van der Waals surface area contributed by atoms with Crippen molar-refractivity contribution >= 4 is 34.4 Å².